The van der Waals surface area contributed by atoms with E-state index >= 15 is 0 Å². The van der Waals surface area contributed by atoms with Gasteiger partial charge in [-0.15, -0.1) is 0 Å². The molecule has 3 amide bonds. The highest BCUT2D eigenvalue weighted by atomic mass is 32.1. The number of rotatable bonds is 10. The van der Waals surface area contributed by atoms with Crippen molar-refractivity contribution in [3.63, 3.8) is 0 Å². The zero-order valence-corrected chi connectivity index (χ0v) is 20.2. The lowest BCUT2D eigenvalue weighted by Crippen LogP contribution is -2.42. The molecule has 0 bridgehead atoms. The van der Waals surface area contributed by atoms with Crippen molar-refractivity contribution in [3.05, 3.63) is 48.5 Å². The average Bonchev–Trinajstić information content (AvgIpc) is 3.04. The molecule has 9 nitrogen and oxygen atoms in total. The van der Waals surface area contributed by atoms with E-state index in [1.165, 1.54) is 18.9 Å². The number of nitrogens with zero attached hydrogens (tertiary/aromatic N) is 2. The summed E-state index contributed by atoms with van der Waals surface area (Å²) in [5.74, 6) is 0.445. The maximum atomic E-state index is 13.4. The molecular formula is C24H28N4O5S. The summed E-state index contributed by atoms with van der Waals surface area (Å²) in [5.41, 5.74) is 1.14. The normalized spacial score (nSPS) is 15.3. The number of hydrogen-bond acceptors (Lipinski definition) is 6. The molecule has 2 aromatic carbocycles. The van der Waals surface area contributed by atoms with Crippen LogP contribution in [0.4, 0.5) is 11.4 Å². The molecule has 0 radical (unpaired) electrons. The fourth-order valence-corrected chi connectivity index (χ4v) is 4.03. The van der Waals surface area contributed by atoms with E-state index in [9.17, 15) is 14.4 Å². The Morgan fingerprint density at radius 3 is 2.50 bits per heavy atom. The van der Waals surface area contributed by atoms with Crippen molar-refractivity contribution in [1.82, 2.24) is 10.2 Å². The summed E-state index contributed by atoms with van der Waals surface area (Å²) in [7, 11) is 1.54. The maximum Gasteiger partial charge on any atom is 0.256 e. The van der Waals surface area contributed by atoms with Crippen LogP contribution in [0.1, 0.15) is 20.3 Å². The van der Waals surface area contributed by atoms with Gasteiger partial charge in [0.1, 0.15) is 17.5 Å². The lowest BCUT2D eigenvalue weighted by molar-refractivity contribution is -0.124. The third-order valence-corrected chi connectivity index (χ3v) is 5.60. The fraction of sp³-hybridized carbons (Fsp3) is 0.333. The summed E-state index contributed by atoms with van der Waals surface area (Å²) in [6, 6.07) is 13.2. The zero-order valence-electron chi connectivity index (χ0n) is 19.4. The van der Waals surface area contributed by atoms with Crippen molar-refractivity contribution in [2.45, 2.75) is 26.3 Å². The van der Waals surface area contributed by atoms with Crippen molar-refractivity contribution < 1.29 is 23.9 Å². The van der Waals surface area contributed by atoms with E-state index in [2.05, 4.69) is 10.6 Å². The predicted molar refractivity (Wildman–Crippen MR) is 133 cm³/mol. The van der Waals surface area contributed by atoms with E-state index in [4.69, 9.17) is 21.7 Å². The molecule has 0 spiro atoms. The molecule has 0 aliphatic carbocycles. The van der Waals surface area contributed by atoms with E-state index in [-0.39, 0.29) is 42.3 Å². The number of carbonyl (C=O) groups excluding carboxylic acids is 3. The van der Waals surface area contributed by atoms with Crippen molar-refractivity contribution in [3.8, 4) is 11.5 Å². The highest BCUT2D eigenvalue weighted by Crippen LogP contribution is 2.29. The maximum absolute atomic E-state index is 13.4. The lowest BCUT2D eigenvalue weighted by Gasteiger charge is -2.24. The molecule has 180 valence electrons. The first-order chi connectivity index (χ1) is 16.3. The second-order valence-electron chi connectivity index (χ2n) is 7.56. The number of benzene rings is 2. The second-order valence-corrected chi connectivity index (χ2v) is 7.92. The Morgan fingerprint density at radius 1 is 1.12 bits per heavy atom. The summed E-state index contributed by atoms with van der Waals surface area (Å²) >= 11 is 5.61. The first kappa shape index (κ1) is 25.0. The first-order valence-corrected chi connectivity index (χ1v) is 11.3. The summed E-state index contributed by atoms with van der Waals surface area (Å²) in [6.07, 6.45) is -0.104. The number of carbonyl (C=O) groups is 3. The Labute approximate surface area is 204 Å². The molecule has 1 aliphatic rings. The summed E-state index contributed by atoms with van der Waals surface area (Å²) in [6.45, 7) is 4.42. The SMILES string of the molecule is CCOc1ccc(NC(=O)CC2C(=O)N(c3cccc(OC)c3)C(=S)N2CCNC(C)=O)cc1. The molecule has 1 saturated heterocycles. The first-order valence-electron chi connectivity index (χ1n) is 10.9. The molecule has 2 N–H and O–H groups in total. The van der Waals surface area contributed by atoms with Gasteiger partial charge in [-0.2, -0.15) is 0 Å². The van der Waals surface area contributed by atoms with Crippen LogP contribution in [0.15, 0.2) is 48.5 Å². The number of methoxy groups -OCH3 is 1. The third kappa shape index (κ3) is 6.02. The number of thiocarbonyl (C=S) groups is 1. The molecule has 2 aromatic rings. The standard InChI is InChI=1S/C24H28N4O5S/c1-4-33-19-10-8-17(9-11-19)26-22(30)15-21-23(31)28(18-6-5-7-20(14-18)32-3)24(34)27(21)13-12-25-16(2)29/h5-11,14,21H,4,12-13,15H2,1-3H3,(H,25,29)(H,26,30). The zero-order chi connectivity index (χ0) is 24.7. The van der Waals surface area contributed by atoms with Crippen LogP contribution in [0.25, 0.3) is 0 Å². The summed E-state index contributed by atoms with van der Waals surface area (Å²) in [4.78, 5) is 40.6. The highest BCUT2D eigenvalue weighted by molar-refractivity contribution is 7.80. The van der Waals surface area contributed by atoms with Gasteiger partial charge in [0, 0.05) is 31.8 Å². The Morgan fingerprint density at radius 2 is 1.85 bits per heavy atom. The van der Waals surface area contributed by atoms with Crippen LogP contribution in [-0.4, -0.2) is 60.6 Å². The Hall–Kier alpha value is -3.66. The topological polar surface area (TPSA) is 100 Å². The van der Waals surface area contributed by atoms with Crippen LogP contribution >= 0.6 is 12.2 Å². The number of amides is 3. The molecule has 0 aromatic heterocycles. The number of ether oxygens (including phenoxy) is 2. The average molecular weight is 485 g/mol. The van der Waals surface area contributed by atoms with Gasteiger partial charge in [0.2, 0.25) is 11.8 Å². The van der Waals surface area contributed by atoms with Gasteiger partial charge < -0.3 is 25.0 Å². The van der Waals surface area contributed by atoms with Gasteiger partial charge in [-0.1, -0.05) is 6.07 Å². The van der Waals surface area contributed by atoms with Gasteiger partial charge in [0.15, 0.2) is 5.11 Å². The minimum absolute atomic E-state index is 0.104. The van der Waals surface area contributed by atoms with Gasteiger partial charge >= 0.3 is 0 Å². The van der Waals surface area contributed by atoms with Crippen LogP contribution in [-0.2, 0) is 14.4 Å². The molecule has 10 heteroatoms. The van der Waals surface area contributed by atoms with E-state index in [0.717, 1.165) is 0 Å². The van der Waals surface area contributed by atoms with Gasteiger partial charge in [0.25, 0.3) is 5.91 Å². The molecule has 1 atom stereocenters. The highest BCUT2D eigenvalue weighted by Gasteiger charge is 2.44. The molecule has 1 unspecified atom stereocenters. The fourth-order valence-electron chi connectivity index (χ4n) is 3.62. The molecular weight excluding hydrogens is 456 g/mol. The van der Waals surface area contributed by atoms with Crippen LogP contribution < -0.4 is 25.0 Å². The predicted octanol–water partition coefficient (Wildman–Crippen LogP) is 2.56. The summed E-state index contributed by atoms with van der Waals surface area (Å²) in [5, 5.41) is 5.79. The van der Waals surface area contributed by atoms with Crippen LogP contribution in [0.3, 0.4) is 0 Å². The monoisotopic (exact) mass is 484 g/mol. The quantitative estimate of drug-likeness (QED) is 0.500. The Bertz CT molecular complexity index is 1060. The lowest BCUT2D eigenvalue weighted by atomic mass is 10.1. The second kappa shape index (κ2) is 11.5. The minimum Gasteiger partial charge on any atom is -0.497 e. The van der Waals surface area contributed by atoms with Crippen LogP contribution in [0.2, 0.25) is 0 Å². The van der Waals surface area contributed by atoms with Gasteiger partial charge in [0.05, 0.1) is 25.8 Å². The van der Waals surface area contributed by atoms with Crippen molar-refractivity contribution in [2.75, 3.05) is 37.0 Å². The Kier molecular flexibility index (Phi) is 8.42. The summed E-state index contributed by atoms with van der Waals surface area (Å²) < 4.78 is 10.7. The number of nitrogens with one attached hydrogen (secondary N) is 2. The molecule has 3 rings (SSSR count). The van der Waals surface area contributed by atoms with E-state index in [0.29, 0.717) is 29.5 Å². The van der Waals surface area contributed by atoms with Gasteiger partial charge in [-0.05, 0) is 55.5 Å². The molecule has 1 aliphatic heterocycles. The van der Waals surface area contributed by atoms with Crippen molar-refractivity contribution in [1.29, 1.82) is 0 Å². The molecule has 0 saturated carbocycles. The molecule has 34 heavy (non-hydrogen) atoms. The number of anilines is 2. The smallest absolute Gasteiger partial charge is 0.256 e. The Balaban J connectivity index is 1.78. The van der Waals surface area contributed by atoms with E-state index in [1.54, 1.807) is 53.4 Å². The number of hydrogen-bond donors (Lipinski definition) is 2. The van der Waals surface area contributed by atoms with Gasteiger partial charge in [-0.3, -0.25) is 19.3 Å². The molecule has 1 heterocycles. The van der Waals surface area contributed by atoms with Crippen LogP contribution in [0.5, 0.6) is 11.5 Å². The van der Waals surface area contributed by atoms with Gasteiger partial charge in [-0.25, -0.2) is 0 Å². The minimum atomic E-state index is -0.810. The van der Waals surface area contributed by atoms with Crippen molar-refractivity contribution in [2.24, 2.45) is 0 Å². The largest absolute Gasteiger partial charge is 0.497 e. The van der Waals surface area contributed by atoms with E-state index in [1.807, 2.05) is 6.92 Å². The van der Waals surface area contributed by atoms with E-state index < -0.39 is 6.04 Å². The molecule has 1 fully saturated rings. The third-order valence-electron chi connectivity index (χ3n) is 5.18. The van der Waals surface area contributed by atoms with Crippen LogP contribution in [0, 0.1) is 0 Å². The van der Waals surface area contributed by atoms with Crippen molar-refractivity contribution >= 4 is 46.4 Å².